The number of carbonyl (C=O) groups is 2. The van der Waals surface area contributed by atoms with Gasteiger partial charge in [0.2, 0.25) is 0 Å². The molecule has 0 radical (unpaired) electrons. The lowest BCUT2D eigenvalue weighted by molar-refractivity contribution is 0.0466. The van der Waals surface area contributed by atoms with E-state index >= 15 is 0 Å². The van der Waals surface area contributed by atoms with Gasteiger partial charge in [-0.25, -0.2) is 4.79 Å². The van der Waals surface area contributed by atoms with E-state index in [9.17, 15) is 9.59 Å². The summed E-state index contributed by atoms with van der Waals surface area (Å²) in [6.45, 7) is 6.99. The van der Waals surface area contributed by atoms with Gasteiger partial charge < -0.3 is 19.7 Å². The molecule has 0 aliphatic rings. The fourth-order valence-electron chi connectivity index (χ4n) is 3.40. The van der Waals surface area contributed by atoms with Crippen LogP contribution in [0.5, 0.6) is 5.75 Å². The number of hydrogen-bond donors (Lipinski definition) is 1. The molecule has 0 aliphatic carbocycles. The fourth-order valence-corrected chi connectivity index (χ4v) is 3.62. The number of hydrogen-bond acceptors (Lipinski definition) is 6. The lowest BCUT2D eigenvalue weighted by Crippen LogP contribution is -2.27. The molecule has 0 aliphatic heterocycles. The van der Waals surface area contributed by atoms with Crippen molar-refractivity contribution in [2.45, 2.75) is 13.8 Å². The molecule has 8 heteroatoms. The number of amides is 1. The minimum Gasteiger partial charge on any atom is -0.496 e. The Morgan fingerprint density at radius 1 is 1.03 bits per heavy atom. The Morgan fingerprint density at radius 3 is 2.38 bits per heavy atom. The zero-order valence-electron chi connectivity index (χ0n) is 19.5. The number of carbonyl (C=O) groups excluding carboxylic acids is 2. The van der Waals surface area contributed by atoms with Gasteiger partial charge in [0.15, 0.2) is 0 Å². The van der Waals surface area contributed by atoms with Crippen molar-refractivity contribution in [3.05, 3.63) is 76.9 Å². The summed E-state index contributed by atoms with van der Waals surface area (Å²) in [5, 5.41) is 3.32. The molecule has 0 spiro atoms. The standard InChI is InChI=1S/C26H28ClN3O4/c1-4-30(5-2)15-16-34-26(32)18-8-11-20(12-9-18)29-25(31)19-10-13-21(23(17-19)33-3)24-22(27)7-6-14-28-24/h6-14,17H,4-5,15-16H2,1-3H3,(H,29,31). The summed E-state index contributed by atoms with van der Waals surface area (Å²) >= 11 is 6.26. The highest BCUT2D eigenvalue weighted by molar-refractivity contribution is 6.33. The molecule has 34 heavy (non-hydrogen) atoms. The maximum Gasteiger partial charge on any atom is 0.338 e. The normalized spacial score (nSPS) is 10.7. The van der Waals surface area contributed by atoms with Crippen LogP contribution < -0.4 is 10.1 Å². The molecule has 7 nitrogen and oxygen atoms in total. The van der Waals surface area contributed by atoms with Gasteiger partial charge in [0.1, 0.15) is 12.4 Å². The monoisotopic (exact) mass is 481 g/mol. The third kappa shape index (κ3) is 6.34. The van der Waals surface area contributed by atoms with E-state index in [4.69, 9.17) is 21.1 Å². The third-order valence-corrected chi connectivity index (χ3v) is 5.70. The molecular formula is C26H28ClN3O4. The molecule has 1 aromatic heterocycles. The Bertz CT molecular complexity index is 1130. The lowest BCUT2D eigenvalue weighted by Gasteiger charge is -2.17. The van der Waals surface area contributed by atoms with E-state index < -0.39 is 5.97 Å². The Labute approximate surface area is 204 Å². The van der Waals surface area contributed by atoms with Gasteiger partial charge in [-0.1, -0.05) is 25.4 Å². The first-order valence-corrected chi connectivity index (χ1v) is 11.4. The number of anilines is 1. The molecule has 0 bridgehead atoms. The van der Waals surface area contributed by atoms with Gasteiger partial charge in [0.25, 0.3) is 5.91 Å². The first-order valence-electron chi connectivity index (χ1n) is 11.1. The van der Waals surface area contributed by atoms with Crippen LogP contribution in [0.1, 0.15) is 34.6 Å². The van der Waals surface area contributed by atoms with Crippen molar-refractivity contribution in [1.29, 1.82) is 0 Å². The first-order chi connectivity index (χ1) is 16.5. The van der Waals surface area contributed by atoms with E-state index in [0.717, 1.165) is 13.1 Å². The number of aromatic nitrogens is 1. The van der Waals surface area contributed by atoms with Crippen molar-refractivity contribution in [3.8, 4) is 17.0 Å². The highest BCUT2D eigenvalue weighted by atomic mass is 35.5. The van der Waals surface area contributed by atoms with Crippen molar-refractivity contribution in [1.82, 2.24) is 9.88 Å². The molecule has 1 N–H and O–H groups in total. The SMILES string of the molecule is CCN(CC)CCOC(=O)c1ccc(NC(=O)c2ccc(-c3ncccc3Cl)c(OC)c2)cc1. The Morgan fingerprint density at radius 2 is 1.74 bits per heavy atom. The molecule has 0 saturated carbocycles. The molecule has 0 unspecified atom stereocenters. The van der Waals surface area contributed by atoms with Crippen LogP contribution in [0.15, 0.2) is 60.8 Å². The molecule has 3 rings (SSSR count). The van der Waals surface area contributed by atoms with Crippen molar-refractivity contribution >= 4 is 29.2 Å². The number of esters is 1. The Hall–Kier alpha value is -3.42. The fraction of sp³-hybridized carbons (Fsp3) is 0.269. The van der Waals surface area contributed by atoms with Crippen LogP contribution in [-0.4, -0.2) is 55.1 Å². The summed E-state index contributed by atoms with van der Waals surface area (Å²) in [6.07, 6.45) is 1.64. The van der Waals surface area contributed by atoms with Gasteiger partial charge in [0, 0.05) is 29.6 Å². The zero-order valence-corrected chi connectivity index (χ0v) is 20.3. The number of nitrogens with zero attached hydrogens (tertiary/aromatic N) is 2. The molecular weight excluding hydrogens is 454 g/mol. The van der Waals surface area contributed by atoms with Crippen LogP contribution in [0.3, 0.4) is 0 Å². The van der Waals surface area contributed by atoms with Crippen LogP contribution in [-0.2, 0) is 4.74 Å². The van der Waals surface area contributed by atoms with Crippen molar-refractivity contribution < 1.29 is 19.1 Å². The van der Waals surface area contributed by atoms with Crippen molar-refractivity contribution in [2.75, 3.05) is 38.7 Å². The molecule has 1 heterocycles. The minimum absolute atomic E-state index is 0.313. The van der Waals surface area contributed by atoms with Crippen LogP contribution in [0.4, 0.5) is 5.69 Å². The summed E-state index contributed by atoms with van der Waals surface area (Å²) in [4.78, 5) is 31.5. The largest absolute Gasteiger partial charge is 0.496 e. The smallest absolute Gasteiger partial charge is 0.338 e. The van der Waals surface area contributed by atoms with Gasteiger partial charge in [-0.05, 0) is 67.7 Å². The highest BCUT2D eigenvalue weighted by Crippen LogP contribution is 2.33. The quantitative estimate of drug-likeness (QED) is 0.403. The number of likely N-dealkylation sites (N-methyl/N-ethyl adjacent to an activating group) is 1. The summed E-state index contributed by atoms with van der Waals surface area (Å²) in [7, 11) is 1.52. The molecule has 3 aromatic rings. The van der Waals surface area contributed by atoms with E-state index in [-0.39, 0.29) is 5.91 Å². The van der Waals surface area contributed by atoms with Gasteiger partial charge in [-0.15, -0.1) is 0 Å². The molecule has 2 aromatic carbocycles. The zero-order chi connectivity index (χ0) is 24.5. The van der Waals surface area contributed by atoms with Gasteiger partial charge in [0.05, 0.1) is 23.4 Å². The average Bonchev–Trinajstić information content (AvgIpc) is 2.87. The van der Waals surface area contributed by atoms with Gasteiger partial charge in [-0.3, -0.25) is 9.78 Å². The van der Waals surface area contributed by atoms with Crippen LogP contribution in [0.25, 0.3) is 11.3 Å². The van der Waals surface area contributed by atoms with Crippen LogP contribution in [0.2, 0.25) is 5.02 Å². The van der Waals surface area contributed by atoms with E-state index in [1.165, 1.54) is 7.11 Å². The topological polar surface area (TPSA) is 80.8 Å². The van der Waals surface area contributed by atoms with E-state index in [1.54, 1.807) is 60.8 Å². The van der Waals surface area contributed by atoms with E-state index in [1.807, 2.05) is 0 Å². The third-order valence-electron chi connectivity index (χ3n) is 5.39. The predicted octanol–water partition coefficient (Wildman–Crippen LogP) is 5.16. The number of rotatable bonds is 10. The molecule has 1 amide bonds. The van der Waals surface area contributed by atoms with Crippen LogP contribution in [0, 0.1) is 0 Å². The number of pyridine rings is 1. The number of nitrogens with one attached hydrogen (secondary N) is 1. The Balaban J connectivity index is 1.64. The van der Waals surface area contributed by atoms with Crippen LogP contribution >= 0.6 is 11.6 Å². The van der Waals surface area contributed by atoms with Crippen molar-refractivity contribution in [2.24, 2.45) is 0 Å². The van der Waals surface area contributed by atoms with Crippen molar-refractivity contribution in [3.63, 3.8) is 0 Å². The second kappa shape index (κ2) is 12.2. The average molecular weight is 482 g/mol. The van der Waals surface area contributed by atoms with Gasteiger partial charge >= 0.3 is 5.97 Å². The second-order valence-corrected chi connectivity index (χ2v) is 7.85. The van der Waals surface area contributed by atoms with Gasteiger partial charge in [-0.2, -0.15) is 0 Å². The molecule has 0 fully saturated rings. The predicted molar refractivity (Wildman–Crippen MR) is 134 cm³/mol. The second-order valence-electron chi connectivity index (χ2n) is 7.44. The van der Waals surface area contributed by atoms with E-state index in [2.05, 4.69) is 29.0 Å². The molecule has 178 valence electrons. The summed E-state index contributed by atoms with van der Waals surface area (Å²) in [6, 6.07) is 15.1. The van der Waals surface area contributed by atoms with E-state index in [0.29, 0.717) is 52.0 Å². The molecule has 0 saturated heterocycles. The maximum atomic E-state index is 12.8. The molecule has 0 atom stereocenters. The number of benzene rings is 2. The number of methoxy groups -OCH3 is 1. The lowest BCUT2D eigenvalue weighted by atomic mass is 10.1. The summed E-state index contributed by atoms with van der Waals surface area (Å²) in [5.74, 6) is -0.221. The minimum atomic E-state index is -0.390. The Kier molecular flexibility index (Phi) is 9.01. The highest BCUT2D eigenvalue weighted by Gasteiger charge is 2.15. The summed E-state index contributed by atoms with van der Waals surface area (Å²) < 4.78 is 10.8. The number of ether oxygens (including phenoxy) is 2. The first kappa shape index (κ1) is 25.2. The maximum absolute atomic E-state index is 12.8. The number of halogens is 1. The summed E-state index contributed by atoms with van der Waals surface area (Å²) in [5.41, 5.74) is 2.66.